The lowest BCUT2D eigenvalue weighted by molar-refractivity contribution is -0.141. The number of ether oxygens (including phenoxy) is 1. The fourth-order valence-electron chi connectivity index (χ4n) is 2.18. The smallest absolute Gasteiger partial charge is 0.307 e. The zero-order valence-electron chi connectivity index (χ0n) is 9.00. The van der Waals surface area contributed by atoms with Gasteiger partial charge in [0, 0.05) is 6.04 Å². The average Bonchev–Trinajstić information content (AvgIpc) is 2.45. The summed E-state index contributed by atoms with van der Waals surface area (Å²) in [6.45, 7) is 0. The van der Waals surface area contributed by atoms with Gasteiger partial charge in [0.1, 0.15) is 0 Å². The lowest BCUT2D eigenvalue weighted by Gasteiger charge is -2.20. The van der Waals surface area contributed by atoms with E-state index in [1.54, 1.807) is 0 Å². The van der Waals surface area contributed by atoms with Gasteiger partial charge in [-0.05, 0) is 18.8 Å². The van der Waals surface area contributed by atoms with Crippen molar-refractivity contribution < 1.29 is 9.53 Å². The second-order valence-corrected chi connectivity index (χ2v) is 4.20. The van der Waals surface area contributed by atoms with Crippen LogP contribution in [-0.2, 0) is 9.53 Å². The Labute approximate surface area is 86.0 Å². The van der Waals surface area contributed by atoms with Crippen molar-refractivity contribution in [1.82, 2.24) is 0 Å². The van der Waals surface area contributed by atoms with Gasteiger partial charge in [0.2, 0.25) is 0 Å². The molecule has 1 atom stereocenters. The number of carbonyl (C=O) groups is 1. The minimum absolute atomic E-state index is 0.000509. The van der Waals surface area contributed by atoms with Crippen LogP contribution in [0.25, 0.3) is 0 Å². The van der Waals surface area contributed by atoms with Crippen LogP contribution in [0.15, 0.2) is 0 Å². The minimum atomic E-state index is -0.179. The first-order valence-electron chi connectivity index (χ1n) is 5.56. The summed E-state index contributed by atoms with van der Waals surface area (Å²) >= 11 is 0. The Bertz CT molecular complexity index is 174. The van der Waals surface area contributed by atoms with E-state index in [0.717, 1.165) is 0 Å². The predicted octanol–water partition coefficient (Wildman–Crippen LogP) is 1.85. The van der Waals surface area contributed by atoms with E-state index >= 15 is 0 Å². The summed E-state index contributed by atoms with van der Waals surface area (Å²) in [5, 5.41) is 0. The number of hydrogen-bond donors (Lipinski definition) is 1. The van der Waals surface area contributed by atoms with E-state index < -0.39 is 0 Å². The monoisotopic (exact) mass is 199 g/mol. The molecular weight excluding hydrogens is 178 g/mol. The third-order valence-corrected chi connectivity index (χ3v) is 3.14. The molecule has 82 valence electrons. The molecule has 0 saturated heterocycles. The molecule has 0 aromatic heterocycles. The van der Waals surface area contributed by atoms with Crippen LogP contribution in [-0.4, -0.2) is 19.1 Å². The molecule has 3 nitrogen and oxygen atoms in total. The van der Waals surface area contributed by atoms with Crippen LogP contribution in [0.3, 0.4) is 0 Å². The molecule has 0 aliphatic heterocycles. The molecule has 0 unspecified atom stereocenters. The largest absolute Gasteiger partial charge is 0.469 e. The number of rotatable bonds is 3. The van der Waals surface area contributed by atoms with Crippen molar-refractivity contribution in [2.45, 2.75) is 51.0 Å². The molecule has 1 fully saturated rings. The summed E-state index contributed by atoms with van der Waals surface area (Å²) in [4.78, 5) is 11.0. The molecule has 3 heteroatoms. The number of methoxy groups -OCH3 is 1. The van der Waals surface area contributed by atoms with Crippen LogP contribution in [0.5, 0.6) is 0 Å². The molecule has 0 aromatic carbocycles. The Balaban J connectivity index is 2.33. The van der Waals surface area contributed by atoms with Crippen LogP contribution in [0, 0.1) is 5.92 Å². The highest BCUT2D eigenvalue weighted by Gasteiger charge is 2.21. The van der Waals surface area contributed by atoms with Crippen molar-refractivity contribution in [3.8, 4) is 0 Å². The predicted molar refractivity (Wildman–Crippen MR) is 55.8 cm³/mol. The molecule has 0 bridgehead atoms. The second-order valence-electron chi connectivity index (χ2n) is 4.20. The number of carbonyl (C=O) groups excluding carboxylic acids is 1. The zero-order valence-corrected chi connectivity index (χ0v) is 9.00. The molecule has 0 spiro atoms. The summed E-state index contributed by atoms with van der Waals surface area (Å²) in [5.74, 6) is 0.346. The Morgan fingerprint density at radius 2 is 1.93 bits per heavy atom. The molecule has 0 aromatic rings. The molecule has 0 heterocycles. The SMILES string of the molecule is COC(=O)C[C@@H](N)C1CCCCCC1. The van der Waals surface area contributed by atoms with Gasteiger partial charge in [0.05, 0.1) is 13.5 Å². The van der Waals surface area contributed by atoms with Gasteiger partial charge in [0.25, 0.3) is 0 Å². The summed E-state index contributed by atoms with van der Waals surface area (Å²) in [6, 6.07) is 0.000509. The summed E-state index contributed by atoms with van der Waals surface area (Å²) in [6.07, 6.45) is 7.90. The third-order valence-electron chi connectivity index (χ3n) is 3.14. The molecule has 2 N–H and O–H groups in total. The quantitative estimate of drug-likeness (QED) is 0.557. The van der Waals surface area contributed by atoms with E-state index in [1.807, 2.05) is 0 Å². The first kappa shape index (κ1) is 11.5. The molecule has 0 amide bonds. The van der Waals surface area contributed by atoms with Gasteiger partial charge in [-0.2, -0.15) is 0 Å². The lowest BCUT2D eigenvalue weighted by atomic mass is 9.90. The fraction of sp³-hybridized carbons (Fsp3) is 0.909. The van der Waals surface area contributed by atoms with Crippen molar-refractivity contribution >= 4 is 5.97 Å². The van der Waals surface area contributed by atoms with Gasteiger partial charge in [-0.1, -0.05) is 25.7 Å². The summed E-state index contributed by atoms with van der Waals surface area (Å²) < 4.78 is 4.62. The molecule has 14 heavy (non-hydrogen) atoms. The van der Waals surface area contributed by atoms with Crippen LogP contribution < -0.4 is 5.73 Å². The topological polar surface area (TPSA) is 52.3 Å². The molecule has 1 aliphatic rings. The van der Waals surface area contributed by atoms with E-state index in [9.17, 15) is 4.79 Å². The van der Waals surface area contributed by atoms with Crippen LogP contribution in [0.1, 0.15) is 44.9 Å². The molecule has 0 radical (unpaired) electrons. The van der Waals surface area contributed by atoms with Crippen molar-refractivity contribution in [2.75, 3.05) is 7.11 Å². The lowest BCUT2D eigenvalue weighted by Crippen LogP contribution is -2.32. The van der Waals surface area contributed by atoms with E-state index in [2.05, 4.69) is 4.74 Å². The van der Waals surface area contributed by atoms with Crippen molar-refractivity contribution in [1.29, 1.82) is 0 Å². The third kappa shape index (κ3) is 3.66. The highest BCUT2D eigenvalue weighted by atomic mass is 16.5. The first-order chi connectivity index (χ1) is 6.74. The van der Waals surface area contributed by atoms with Gasteiger partial charge in [-0.3, -0.25) is 4.79 Å². The minimum Gasteiger partial charge on any atom is -0.469 e. The van der Waals surface area contributed by atoms with E-state index in [0.29, 0.717) is 12.3 Å². The van der Waals surface area contributed by atoms with Gasteiger partial charge < -0.3 is 10.5 Å². The number of esters is 1. The second kappa shape index (κ2) is 6.02. The van der Waals surface area contributed by atoms with E-state index in [4.69, 9.17) is 5.73 Å². The maximum Gasteiger partial charge on any atom is 0.307 e. The molecule has 1 saturated carbocycles. The Morgan fingerprint density at radius 3 is 2.43 bits per heavy atom. The maximum atomic E-state index is 11.0. The van der Waals surface area contributed by atoms with Crippen molar-refractivity contribution in [3.63, 3.8) is 0 Å². The van der Waals surface area contributed by atoms with Gasteiger partial charge in [0.15, 0.2) is 0 Å². The van der Waals surface area contributed by atoms with Crippen LogP contribution >= 0.6 is 0 Å². The Hall–Kier alpha value is -0.570. The van der Waals surface area contributed by atoms with Gasteiger partial charge in [-0.25, -0.2) is 0 Å². The standard InChI is InChI=1S/C11H21NO2/c1-14-11(13)8-10(12)9-6-4-2-3-5-7-9/h9-10H,2-8,12H2,1H3/t10-/m1/s1. The summed E-state index contributed by atoms with van der Waals surface area (Å²) in [5.41, 5.74) is 5.99. The summed E-state index contributed by atoms with van der Waals surface area (Å²) in [7, 11) is 1.42. The van der Waals surface area contributed by atoms with Gasteiger partial charge >= 0.3 is 5.97 Å². The van der Waals surface area contributed by atoms with E-state index in [-0.39, 0.29) is 12.0 Å². The average molecular weight is 199 g/mol. The Morgan fingerprint density at radius 1 is 1.36 bits per heavy atom. The van der Waals surface area contributed by atoms with E-state index in [1.165, 1.54) is 45.6 Å². The zero-order chi connectivity index (χ0) is 10.4. The molecular formula is C11H21NO2. The molecule has 1 rings (SSSR count). The highest BCUT2D eigenvalue weighted by Crippen LogP contribution is 2.25. The van der Waals surface area contributed by atoms with Gasteiger partial charge in [-0.15, -0.1) is 0 Å². The first-order valence-corrected chi connectivity index (χ1v) is 5.56. The Kier molecular flexibility index (Phi) is 4.94. The number of nitrogens with two attached hydrogens (primary N) is 1. The van der Waals surface area contributed by atoms with Crippen LogP contribution in [0.4, 0.5) is 0 Å². The van der Waals surface area contributed by atoms with Crippen LogP contribution in [0.2, 0.25) is 0 Å². The van der Waals surface area contributed by atoms with Crippen molar-refractivity contribution in [2.24, 2.45) is 11.7 Å². The molecule has 1 aliphatic carbocycles. The maximum absolute atomic E-state index is 11.0. The van der Waals surface area contributed by atoms with Crippen molar-refractivity contribution in [3.05, 3.63) is 0 Å². The highest BCUT2D eigenvalue weighted by molar-refractivity contribution is 5.69. The normalized spacial score (nSPS) is 21.3. The fourth-order valence-corrected chi connectivity index (χ4v) is 2.18. The number of hydrogen-bond acceptors (Lipinski definition) is 3.